The number of ether oxygens (including phenoxy) is 1. The lowest BCUT2D eigenvalue weighted by molar-refractivity contribution is -0.159. The van der Waals surface area contributed by atoms with Gasteiger partial charge in [-0.1, -0.05) is 60.6 Å². The van der Waals surface area contributed by atoms with Crippen LogP contribution in [0.25, 0.3) is 0 Å². The molecule has 1 N–H and O–H groups in total. The van der Waals surface area contributed by atoms with Gasteiger partial charge in [-0.25, -0.2) is 0 Å². The second-order valence-corrected chi connectivity index (χ2v) is 11.7. The first-order valence-electron chi connectivity index (χ1n) is 11.3. The third-order valence-electron chi connectivity index (χ3n) is 7.09. The van der Waals surface area contributed by atoms with Crippen LogP contribution in [0.4, 0.5) is 0 Å². The minimum absolute atomic E-state index is 0.0172. The molecule has 4 nitrogen and oxygen atoms in total. The minimum Gasteiger partial charge on any atom is -0.507 e. The van der Waals surface area contributed by atoms with Crippen molar-refractivity contribution in [3.8, 4) is 5.75 Å². The van der Waals surface area contributed by atoms with Crippen LogP contribution in [0.1, 0.15) is 91.8 Å². The van der Waals surface area contributed by atoms with Crippen molar-refractivity contribution in [1.29, 1.82) is 0 Å². The number of carbonyl (C=O) groups is 1. The van der Waals surface area contributed by atoms with Crippen molar-refractivity contribution in [3.05, 3.63) is 28.8 Å². The van der Waals surface area contributed by atoms with E-state index >= 15 is 0 Å². The maximum absolute atomic E-state index is 12.7. The number of likely N-dealkylation sites (tertiary alicyclic amines) is 1. The summed E-state index contributed by atoms with van der Waals surface area (Å²) in [4.78, 5) is 15.0. The van der Waals surface area contributed by atoms with E-state index in [1.54, 1.807) is 0 Å². The highest BCUT2D eigenvalue weighted by Crippen LogP contribution is 2.40. The van der Waals surface area contributed by atoms with Gasteiger partial charge < -0.3 is 14.7 Å². The minimum atomic E-state index is -0.171. The summed E-state index contributed by atoms with van der Waals surface area (Å²) in [7, 11) is 2.14. The molecule has 4 heteroatoms. The molecular formula is C26H43NO3. The Morgan fingerprint density at radius 3 is 2.10 bits per heavy atom. The maximum Gasteiger partial charge on any atom is 0.306 e. The summed E-state index contributed by atoms with van der Waals surface area (Å²) in [6, 6.07) is 4.11. The second kappa shape index (κ2) is 8.53. The number of benzene rings is 1. The van der Waals surface area contributed by atoms with Crippen molar-refractivity contribution < 1.29 is 14.6 Å². The van der Waals surface area contributed by atoms with Gasteiger partial charge in [0.2, 0.25) is 0 Å². The molecule has 0 aromatic heterocycles. The third-order valence-corrected chi connectivity index (χ3v) is 7.09. The van der Waals surface area contributed by atoms with Crippen LogP contribution in [0.3, 0.4) is 0 Å². The normalized spacial score (nSPS) is 22.7. The van der Waals surface area contributed by atoms with Gasteiger partial charge in [0.25, 0.3) is 0 Å². The Hall–Kier alpha value is -1.55. The molecule has 2 rings (SSSR count). The number of aromatic hydroxyl groups is 1. The van der Waals surface area contributed by atoms with Crippen LogP contribution in [-0.4, -0.2) is 41.2 Å². The topological polar surface area (TPSA) is 49.8 Å². The summed E-state index contributed by atoms with van der Waals surface area (Å²) >= 11 is 0. The lowest BCUT2D eigenvalue weighted by Gasteiger charge is -2.48. The molecule has 2 atom stereocenters. The average Bonchev–Trinajstić information content (AvgIpc) is 2.60. The van der Waals surface area contributed by atoms with E-state index in [4.69, 9.17) is 4.74 Å². The van der Waals surface area contributed by atoms with Crippen LogP contribution in [-0.2, 0) is 26.8 Å². The number of nitrogens with zero attached hydrogens (tertiary/aromatic N) is 1. The van der Waals surface area contributed by atoms with Crippen LogP contribution >= 0.6 is 0 Å². The molecule has 1 aliphatic heterocycles. The first-order valence-corrected chi connectivity index (χ1v) is 11.3. The van der Waals surface area contributed by atoms with Crippen LogP contribution in [0.2, 0.25) is 0 Å². The van der Waals surface area contributed by atoms with Crippen molar-refractivity contribution >= 4 is 5.97 Å². The SMILES string of the molecule is CC1C(OC(=O)CCc2cc(C(C)(C)C)c(O)c(C(C)(C)C)c2)CCN(C)C1(C)C. The van der Waals surface area contributed by atoms with Crippen LogP contribution in [0.5, 0.6) is 5.75 Å². The van der Waals surface area contributed by atoms with E-state index in [2.05, 4.69) is 86.4 Å². The molecule has 0 amide bonds. The van der Waals surface area contributed by atoms with Gasteiger partial charge in [-0.2, -0.15) is 0 Å². The zero-order chi connectivity index (χ0) is 23.1. The number of phenolic OH excluding ortho intramolecular Hbond substituents is 1. The number of piperidine rings is 1. The summed E-state index contributed by atoms with van der Waals surface area (Å²) in [6.45, 7) is 20.2. The highest BCUT2D eigenvalue weighted by molar-refractivity contribution is 5.70. The molecule has 0 saturated carbocycles. The van der Waals surface area contributed by atoms with Gasteiger partial charge in [0.1, 0.15) is 11.9 Å². The van der Waals surface area contributed by atoms with Crippen molar-refractivity contribution in [2.75, 3.05) is 13.6 Å². The van der Waals surface area contributed by atoms with Gasteiger partial charge in [0.05, 0.1) is 0 Å². The van der Waals surface area contributed by atoms with E-state index in [9.17, 15) is 9.90 Å². The molecule has 1 fully saturated rings. The van der Waals surface area contributed by atoms with Crippen molar-refractivity contribution in [3.63, 3.8) is 0 Å². The zero-order valence-corrected chi connectivity index (χ0v) is 20.8. The highest BCUT2D eigenvalue weighted by atomic mass is 16.5. The van der Waals surface area contributed by atoms with E-state index in [0.29, 0.717) is 18.6 Å². The molecule has 1 heterocycles. The van der Waals surface area contributed by atoms with Gasteiger partial charge in [-0.3, -0.25) is 4.79 Å². The molecule has 0 spiro atoms. The van der Waals surface area contributed by atoms with E-state index in [1.807, 2.05) is 0 Å². The summed E-state index contributed by atoms with van der Waals surface area (Å²) in [5.41, 5.74) is 2.62. The predicted octanol–water partition coefficient (Wildman–Crippen LogP) is 5.58. The Morgan fingerprint density at radius 1 is 1.13 bits per heavy atom. The fourth-order valence-electron chi connectivity index (χ4n) is 4.28. The van der Waals surface area contributed by atoms with Crippen molar-refractivity contribution in [2.24, 2.45) is 5.92 Å². The molecule has 30 heavy (non-hydrogen) atoms. The molecule has 1 saturated heterocycles. The van der Waals surface area contributed by atoms with Crippen LogP contribution in [0.15, 0.2) is 12.1 Å². The van der Waals surface area contributed by atoms with E-state index < -0.39 is 0 Å². The molecule has 2 unspecified atom stereocenters. The molecular weight excluding hydrogens is 374 g/mol. The van der Waals surface area contributed by atoms with E-state index in [-0.39, 0.29) is 34.4 Å². The summed E-state index contributed by atoms with van der Waals surface area (Å²) in [5, 5.41) is 10.9. The number of esters is 1. The Balaban J connectivity index is 2.14. The van der Waals surface area contributed by atoms with Gasteiger partial charge >= 0.3 is 5.97 Å². The lowest BCUT2D eigenvalue weighted by atomic mass is 9.78. The number of hydrogen-bond acceptors (Lipinski definition) is 4. The molecule has 1 aromatic rings. The molecule has 170 valence electrons. The smallest absolute Gasteiger partial charge is 0.306 e. The summed E-state index contributed by atoms with van der Waals surface area (Å²) < 4.78 is 5.91. The van der Waals surface area contributed by atoms with Crippen LogP contribution < -0.4 is 0 Å². The van der Waals surface area contributed by atoms with Gasteiger partial charge in [-0.05, 0) is 61.3 Å². The first-order chi connectivity index (χ1) is 13.5. The fourth-order valence-corrected chi connectivity index (χ4v) is 4.28. The van der Waals surface area contributed by atoms with Crippen LogP contribution in [0, 0.1) is 5.92 Å². The zero-order valence-electron chi connectivity index (χ0n) is 20.8. The number of carbonyl (C=O) groups excluding carboxylic acids is 1. The number of rotatable bonds is 4. The van der Waals surface area contributed by atoms with Gasteiger partial charge in [0.15, 0.2) is 0 Å². The third kappa shape index (κ3) is 5.38. The largest absolute Gasteiger partial charge is 0.507 e. The molecule has 1 aliphatic rings. The lowest BCUT2D eigenvalue weighted by Crippen LogP contribution is -2.56. The Morgan fingerprint density at radius 2 is 1.63 bits per heavy atom. The van der Waals surface area contributed by atoms with Crippen molar-refractivity contribution in [2.45, 2.75) is 104 Å². The molecule has 0 bridgehead atoms. The predicted molar refractivity (Wildman–Crippen MR) is 124 cm³/mol. The number of hydrogen-bond donors (Lipinski definition) is 1. The highest BCUT2D eigenvalue weighted by Gasteiger charge is 2.41. The van der Waals surface area contributed by atoms with E-state index in [0.717, 1.165) is 29.7 Å². The monoisotopic (exact) mass is 417 g/mol. The Bertz CT molecular complexity index is 732. The van der Waals surface area contributed by atoms with Gasteiger partial charge in [-0.15, -0.1) is 0 Å². The summed E-state index contributed by atoms with van der Waals surface area (Å²) in [5.74, 6) is 0.535. The summed E-state index contributed by atoms with van der Waals surface area (Å²) in [6.07, 6.45) is 1.83. The van der Waals surface area contributed by atoms with E-state index in [1.165, 1.54) is 0 Å². The molecule has 0 radical (unpaired) electrons. The quantitative estimate of drug-likeness (QED) is 0.650. The Kier molecular flexibility index (Phi) is 7.03. The average molecular weight is 418 g/mol. The molecule has 0 aliphatic carbocycles. The standard InChI is InChI=1S/C26H43NO3/c1-17-21(13-14-27(10)26(17,8)9)30-22(28)12-11-18-15-19(24(2,3)4)23(29)20(16-18)25(5,6)7/h15-17,21,29H,11-14H2,1-10H3. The fraction of sp³-hybridized carbons (Fsp3) is 0.731. The number of aryl methyl sites for hydroxylation is 1. The van der Waals surface area contributed by atoms with Crippen molar-refractivity contribution in [1.82, 2.24) is 4.90 Å². The van der Waals surface area contributed by atoms with Gasteiger partial charge in [0, 0.05) is 24.4 Å². The number of phenols is 1. The Labute approximate surface area is 184 Å². The second-order valence-electron chi connectivity index (χ2n) is 11.7. The maximum atomic E-state index is 12.7. The first kappa shape index (κ1) is 24.7. The molecule has 1 aromatic carbocycles.